The van der Waals surface area contributed by atoms with Crippen molar-refractivity contribution in [2.75, 3.05) is 0 Å². The molecule has 0 aromatic rings. The van der Waals surface area contributed by atoms with Crippen LogP contribution in [-0.2, 0) is 9.53 Å². The summed E-state index contributed by atoms with van der Waals surface area (Å²) in [5.41, 5.74) is -4.13. The lowest BCUT2D eigenvalue weighted by Crippen LogP contribution is -2.62. The number of rotatable bonds is 0. The summed E-state index contributed by atoms with van der Waals surface area (Å²) in [5.74, 6) is 0.590. The number of epoxide rings is 1. The molecule has 146 valence electrons. The van der Waals surface area contributed by atoms with Crippen molar-refractivity contribution in [1.82, 2.24) is 0 Å². The van der Waals surface area contributed by atoms with E-state index in [1.165, 1.54) is 0 Å². The summed E-state index contributed by atoms with van der Waals surface area (Å²) in [6.07, 6.45) is -0.581. The number of halogens is 3. The van der Waals surface area contributed by atoms with Gasteiger partial charge in [0.05, 0.1) is 0 Å². The fourth-order valence-electron chi connectivity index (χ4n) is 7.98. The molecule has 0 radical (unpaired) electrons. The number of aliphatic hydroxyl groups is 1. The molecule has 1 aliphatic heterocycles. The number of hydrogen-bond donors (Lipinski definition) is 1. The molecule has 1 N–H and O–H groups in total. The first kappa shape index (κ1) is 17.5. The molecule has 6 heteroatoms. The number of ketones is 1. The summed E-state index contributed by atoms with van der Waals surface area (Å²) in [5, 5.41) is 10.7. The lowest BCUT2D eigenvalue weighted by atomic mass is 9.44. The summed E-state index contributed by atoms with van der Waals surface area (Å²) in [6, 6.07) is 0. The molecule has 4 aliphatic carbocycles. The van der Waals surface area contributed by atoms with E-state index in [0.29, 0.717) is 31.6 Å². The average molecular weight is 372 g/mol. The average Bonchev–Trinajstić information content (AvgIpc) is 3.24. The zero-order valence-corrected chi connectivity index (χ0v) is 15.4. The number of carbonyl (C=O) groups excluding carboxylic acids is 1. The van der Waals surface area contributed by atoms with E-state index < -0.39 is 17.2 Å². The van der Waals surface area contributed by atoms with Crippen LogP contribution in [-0.4, -0.2) is 34.4 Å². The number of hydrogen-bond acceptors (Lipinski definition) is 3. The minimum Gasteiger partial charge on any atom is -0.380 e. The van der Waals surface area contributed by atoms with Gasteiger partial charge >= 0.3 is 6.18 Å². The van der Waals surface area contributed by atoms with Crippen LogP contribution < -0.4 is 0 Å². The van der Waals surface area contributed by atoms with Gasteiger partial charge in [0.2, 0.25) is 0 Å². The van der Waals surface area contributed by atoms with E-state index in [9.17, 15) is 23.1 Å². The first-order chi connectivity index (χ1) is 12.0. The van der Waals surface area contributed by atoms with E-state index in [1.807, 2.05) is 0 Å². The van der Waals surface area contributed by atoms with Crippen molar-refractivity contribution in [2.45, 2.75) is 88.7 Å². The topological polar surface area (TPSA) is 49.8 Å². The smallest absolute Gasteiger partial charge is 0.380 e. The summed E-state index contributed by atoms with van der Waals surface area (Å²) >= 11 is 0. The lowest BCUT2D eigenvalue weighted by Gasteiger charge is -2.60. The molecule has 0 aromatic carbocycles. The van der Waals surface area contributed by atoms with Gasteiger partial charge in [0.1, 0.15) is 11.7 Å². The second kappa shape index (κ2) is 4.68. The molecule has 1 heterocycles. The molecule has 3 nitrogen and oxygen atoms in total. The van der Waals surface area contributed by atoms with E-state index in [0.717, 1.165) is 19.3 Å². The number of ether oxygens (including phenoxy) is 1. The van der Waals surface area contributed by atoms with Crippen LogP contribution in [0.25, 0.3) is 0 Å². The van der Waals surface area contributed by atoms with Crippen LogP contribution in [0.1, 0.15) is 65.2 Å². The summed E-state index contributed by atoms with van der Waals surface area (Å²) in [4.78, 5) is 12.1. The molecule has 8 atom stereocenters. The largest absolute Gasteiger partial charge is 0.417 e. The zero-order valence-electron chi connectivity index (χ0n) is 15.4. The van der Waals surface area contributed by atoms with Crippen molar-refractivity contribution in [1.29, 1.82) is 0 Å². The highest BCUT2D eigenvalue weighted by Gasteiger charge is 2.78. The molecular formula is C20H27F3O3. The molecule has 5 aliphatic rings. The Balaban J connectivity index is 1.50. The van der Waals surface area contributed by atoms with E-state index in [4.69, 9.17) is 4.74 Å². The van der Waals surface area contributed by atoms with Crippen LogP contribution in [0.2, 0.25) is 0 Å². The Morgan fingerprint density at radius 2 is 1.65 bits per heavy atom. The molecule has 5 rings (SSSR count). The standard InChI is InChI=1S/C20H27F3O3/c1-16-8-6-14(24)15-18(16,26-15)9-3-11-12(16)4-7-17(2)13(11)5-10-19(17,25)20(21,22)23/h11-13,15,25H,3-10H2,1-2H3/t11-,12+,13+,15?,16-,17+,18?,19+/m1/s1. The number of fused-ring (bicyclic) bond motifs is 4. The number of alkyl halides is 3. The van der Waals surface area contributed by atoms with Gasteiger partial charge in [0.25, 0.3) is 0 Å². The molecule has 0 aromatic heterocycles. The molecule has 5 fully saturated rings. The molecule has 1 saturated heterocycles. The third-order valence-electron chi connectivity index (χ3n) is 9.57. The minimum absolute atomic E-state index is 0.100. The Hall–Kier alpha value is -0.620. The third kappa shape index (κ3) is 1.68. The zero-order chi connectivity index (χ0) is 18.8. The van der Waals surface area contributed by atoms with Gasteiger partial charge in [0, 0.05) is 17.3 Å². The monoisotopic (exact) mass is 372 g/mol. The van der Waals surface area contributed by atoms with Gasteiger partial charge in [0.15, 0.2) is 11.4 Å². The molecule has 0 amide bonds. The Kier molecular flexibility index (Phi) is 3.14. The van der Waals surface area contributed by atoms with Crippen molar-refractivity contribution < 1.29 is 27.8 Å². The van der Waals surface area contributed by atoms with Gasteiger partial charge in [-0.25, -0.2) is 0 Å². The predicted octanol–water partition coefficient (Wildman–Crippen LogP) is 4.02. The Morgan fingerprint density at radius 3 is 2.35 bits per heavy atom. The number of Topliss-reactive ketones (excluding diaryl/α,β-unsaturated/α-hetero) is 1. The first-order valence-corrected chi connectivity index (χ1v) is 10.00. The van der Waals surface area contributed by atoms with Gasteiger partial charge in [-0.2, -0.15) is 13.2 Å². The third-order valence-corrected chi connectivity index (χ3v) is 9.57. The normalized spacial score (nSPS) is 58.5. The molecule has 2 unspecified atom stereocenters. The fourth-order valence-corrected chi connectivity index (χ4v) is 7.98. The molecule has 4 saturated carbocycles. The second-order valence-electron chi connectivity index (χ2n) is 10.0. The second-order valence-corrected chi connectivity index (χ2v) is 10.0. The highest BCUT2D eigenvalue weighted by Crippen LogP contribution is 2.74. The minimum atomic E-state index is -4.58. The van der Waals surface area contributed by atoms with Gasteiger partial charge in [-0.15, -0.1) is 0 Å². The van der Waals surface area contributed by atoms with Gasteiger partial charge in [-0.1, -0.05) is 13.8 Å². The van der Waals surface area contributed by atoms with Crippen molar-refractivity contribution >= 4 is 5.78 Å². The van der Waals surface area contributed by atoms with Crippen molar-refractivity contribution in [3.8, 4) is 0 Å². The summed E-state index contributed by atoms with van der Waals surface area (Å²) in [6.45, 7) is 3.88. The van der Waals surface area contributed by atoms with Crippen LogP contribution in [0.15, 0.2) is 0 Å². The Bertz CT molecular complexity index is 678. The molecule has 0 bridgehead atoms. The van der Waals surface area contributed by atoms with Gasteiger partial charge in [-0.3, -0.25) is 4.79 Å². The highest BCUT2D eigenvalue weighted by molar-refractivity contribution is 5.88. The van der Waals surface area contributed by atoms with Crippen molar-refractivity contribution in [3.05, 3.63) is 0 Å². The fraction of sp³-hybridized carbons (Fsp3) is 0.950. The Morgan fingerprint density at radius 1 is 1.00 bits per heavy atom. The van der Waals surface area contributed by atoms with Crippen LogP contribution in [0.4, 0.5) is 13.2 Å². The van der Waals surface area contributed by atoms with E-state index in [2.05, 4.69) is 6.92 Å². The van der Waals surface area contributed by atoms with Crippen molar-refractivity contribution in [3.63, 3.8) is 0 Å². The van der Waals surface area contributed by atoms with Crippen LogP contribution in [0.3, 0.4) is 0 Å². The first-order valence-electron chi connectivity index (χ1n) is 10.00. The van der Waals surface area contributed by atoms with Gasteiger partial charge < -0.3 is 9.84 Å². The van der Waals surface area contributed by atoms with E-state index >= 15 is 0 Å². The van der Waals surface area contributed by atoms with E-state index in [-0.39, 0.29) is 41.2 Å². The quantitative estimate of drug-likeness (QED) is 0.654. The summed E-state index contributed by atoms with van der Waals surface area (Å²) < 4.78 is 47.2. The van der Waals surface area contributed by atoms with Crippen LogP contribution in [0, 0.1) is 28.6 Å². The maximum absolute atomic E-state index is 13.7. The maximum Gasteiger partial charge on any atom is 0.417 e. The van der Waals surface area contributed by atoms with Gasteiger partial charge in [-0.05, 0) is 62.7 Å². The SMILES string of the molecule is C[C@]12CC[C@H]3[C@@H](CCC45OC4C(=O)CC[C@]35C)[C@@H]1CC[C@@]2(O)C(F)(F)F. The molecule has 1 spiro atoms. The van der Waals surface area contributed by atoms with E-state index in [1.54, 1.807) is 6.92 Å². The van der Waals surface area contributed by atoms with Crippen LogP contribution >= 0.6 is 0 Å². The molecular weight excluding hydrogens is 345 g/mol. The van der Waals surface area contributed by atoms with Crippen LogP contribution in [0.5, 0.6) is 0 Å². The Labute approximate surface area is 151 Å². The summed E-state index contributed by atoms with van der Waals surface area (Å²) in [7, 11) is 0. The maximum atomic E-state index is 13.7. The highest BCUT2D eigenvalue weighted by atomic mass is 19.4. The number of carbonyl (C=O) groups is 1. The predicted molar refractivity (Wildman–Crippen MR) is 87.2 cm³/mol. The van der Waals surface area contributed by atoms with Crippen molar-refractivity contribution in [2.24, 2.45) is 28.6 Å². The lowest BCUT2D eigenvalue weighted by molar-refractivity contribution is -0.304. The molecule has 26 heavy (non-hydrogen) atoms.